The standard InChI is InChI=1S/C13H20/c1-10(2)12-8-7-11-5-3-4-6-13(11)9-12/h3,5,8,10-11,13H,4,6-7,9H2,1-2H3. The lowest BCUT2D eigenvalue weighted by atomic mass is 9.73. The quantitative estimate of drug-likeness (QED) is 0.531. The van der Waals surface area contributed by atoms with Gasteiger partial charge in [0.2, 0.25) is 0 Å². The van der Waals surface area contributed by atoms with Gasteiger partial charge in [-0.25, -0.2) is 0 Å². The van der Waals surface area contributed by atoms with Gasteiger partial charge in [0.25, 0.3) is 0 Å². The van der Waals surface area contributed by atoms with E-state index in [0.717, 1.165) is 17.8 Å². The zero-order chi connectivity index (χ0) is 9.26. The van der Waals surface area contributed by atoms with Gasteiger partial charge in [-0.2, -0.15) is 0 Å². The van der Waals surface area contributed by atoms with Gasteiger partial charge in [-0.05, 0) is 43.4 Å². The summed E-state index contributed by atoms with van der Waals surface area (Å²) >= 11 is 0. The normalized spacial score (nSPS) is 33.0. The molecule has 0 spiro atoms. The van der Waals surface area contributed by atoms with Gasteiger partial charge >= 0.3 is 0 Å². The molecule has 13 heavy (non-hydrogen) atoms. The SMILES string of the molecule is CC(C)C1=CCC2C=CCCC2C1. The topological polar surface area (TPSA) is 0 Å². The van der Waals surface area contributed by atoms with E-state index in [9.17, 15) is 0 Å². The van der Waals surface area contributed by atoms with Crippen LogP contribution in [0.1, 0.15) is 39.5 Å². The number of allylic oxidation sites excluding steroid dienone is 4. The fourth-order valence-corrected chi connectivity index (χ4v) is 2.62. The van der Waals surface area contributed by atoms with Crippen molar-refractivity contribution in [3.63, 3.8) is 0 Å². The van der Waals surface area contributed by atoms with Crippen LogP contribution in [0.4, 0.5) is 0 Å². The van der Waals surface area contributed by atoms with E-state index in [1.54, 1.807) is 5.57 Å². The molecule has 0 heterocycles. The van der Waals surface area contributed by atoms with Crippen LogP contribution in [-0.2, 0) is 0 Å². The Morgan fingerprint density at radius 1 is 1.38 bits per heavy atom. The van der Waals surface area contributed by atoms with E-state index >= 15 is 0 Å². The van der Waals surface area contributed by atoms with Gasteiger partial charge in [0.15, 0.2) is 0 Å². The lowest BCUT2D eigenvalue weighted by Gasteiger charge is -2.33. The second-order valence-corrected chi connectivity index (χ2v) is 4.80. The minimum Gasteiger partial charge on any atom is -0.0882 e. The van der Waals surface area contributed by atoms with Crippen molar-refractivity contribution in [2.75, 3.05) is 0 Å². The maximum absolute atomic E-state index is 2.49. The fourth-order valence-electron chi connectivity index (χ4n) is 2.62. The van der Waals surface area contributed by atoms with Gasteiger partial charge in [-0.15, -0.1) is 0 Å². The molecule has 0 saturated heterocycles. The highest BCUT2D eigenvalue weighted by molar-refractivity contribution is 5.15. The summed E-state index contributed by atoms with van der Waals surface area (Å²) in [6.45, 7) is 4.65. The van der Waals surface area contributed by atoms with E-state index in [0.29, 0.717) is 0 Å². The van der Waals surface area contributed by atoms with Crippen LogP contribution in [0.25, 0.3) is 0 Å². The molecule has 0 amide bonds. The second kappa shape index (κ2) is 3.69. The monoisotopic (exact) mass is 176 g/mol. The first-order valence-electron chi connectivity index (χ1n) is 5.63. The Hall–Kier alpha value is -0.520. The molecule has 2 aliphatic rings. The first kappa shape index (κ1) is 9.05. The average molecular weight is 176 g/mol. The highest BCUT2D eigenvalue weighted by Gasteiger charge is 2.25. The summed E-state index contributed by atoms with van der Waals surface area (Å²) in [5.41, 5.74) is 1.71. The Labute approximate surface area is 81.7 Å². The number of hydrogen-bond donors (Lipinski definition) is 0. The maximum Gasteiger partial charge on any atom is -0.0167 e. The van der Waals surface area contributed by atoms with Crippen LogP contribution in [0.2, 0.25) is 0 Å². The summed E-state index contributed by atoms with van der Waals surface area (Å²) in [4.78, 5) is 0. The van der Waals surface area contributed by atoms with E-state index in [-0.39, 0.29) is 0 Å². The van der Waals surface area contributed by atoms with Crippen molar-refractivity contribution >= 4 is 0 Å². The van der Waals surface area contributed by atoms with Crippen molar-refractivity contribution in [2.45, 2.75) is 39.5 Å². The first-order chi connectivity index (χ1) is 6.27. The molecule has 0 fully saturated rings. The minimum atomic E-state index is 0.770. The Kier molecular flexibility index (Phi) is 2.57. The molecule has 0 aromatic rings. The summed E-state index contributed by atoms with van der Waals surface area (Å²) < 4.78 is 0. The average Bonchev–Trinajstić information content (AvgIpc) is 2.17. The predicted molar refractivity (Wildman–Crippen MR) is 57.5 cm³/mol. The number of rotatable bonds is 1. The van der Waals surface area contributed by atoms with Gasteiger partial charge in [-0.3, -0.25) is 0 Å². The Morgan fingerprint density at radius 2 is 2.23 bits per heavy atom. The second-order valence-electron chi connectivity index (χ2n) is 4.80. The molecular weight excluding hydrogens is 156 g/mol. The third-order valence-corrected chi connectivity index (χ3v) is 3.58. The van der Waals surface area contributed by atoms with Crippen LogP contribution in [0.15, 0.2) is 23.8 Å². The molecule has 2 rings (SSSR count). The highest BCUT2D eigenvalue weighted by Crippen LogP contribution is 2.38. The molecule has 0 radical (unpaired) electrons. The van der Waals surface area contributed by atoms with Gasteiger partial charge in [0.1, 0.15) is 0 Å². The van der Waals surface area contributed by atoms with Crippen LogP contribution in [0, 0.1) is 17.8 Å². The molecule has 72 valence electrons. The third-order valence-electron chi connectivity index (χ3n) is 3.58. The van der Waals surface area contributed by atoms with Crippen LogP contribution in [0.3, 0.4) is 0 Å². The highest BCUT2D eigenvalue weighted by atomic mass is 14.3. The van der Waals surface area contributed by atoms with E-state index in [1.165, 1.54) is 25.7 Å². The van der Waals surface area contributed by atoms with Crippen molar-refractivity contribution in [2.24, 2.45) is 17.8 Å². The van der Waals surface area contributed by atoms with Crippen molar-refractivity contribution in [1.29, 1.82) is 0 Å². The van der Waals surface area contributed by atoms with Crippen LogP contribution >= 0.6 is 0 Å². The van der Waals surface area contributed by atoms with E-state index in [1.807, 2.05) is 0 Å². The summed E-state index contributed by atoms with van der Waals surface area (Å²) in [6.07, 6.45) is 12.7. The summed E-state index contributed by atoms with van der Waals surface area (Å²) in [5, 5.41) is 0. The lowest BCUT2D eigenvalue weighted by molar-refractivity contribution is 0.328. The molecule has 2 aliphatic carbocycles. The lowest BCUT2D eigenvalue weighted by Crippen LogP contribution is -2.21. The Bertz CT molecular complexity index is 232. The molecule has 0 nitrogen and oxygen atoms in total. The van der Waals surface area contributed by atoms with E-state index in [4.69, 9.17) is 0 Å². The molecule has 2 unspecified atom stereocenters. The van der Waals surface area contributed by atoms with Gasteiger partial charge < -0.3 is 0 Å². The Balaban J connectivity index is 2.08. The number of fused-ring (bicyclic) bond motifs is 1. The molecule has 0 N–H and O–H groups in total. The van der Waals surface area contributed by atoms with Crippen molar-refractivity contribution in [3.05, 3.63) is 23.8 Å². The largest absolute Gasteiger partial charge is 0.0882 e. The molecule has 0 aromatic heterocycles. The smallest absolute Gasteiger partial charge is 0.0167 e. The molecule has 0 heteroatoms. The predicted octanol–water partition coefficient (Wildman–Crippen LogP) is 3.95. The van der Waals surface area contributed by atoms with Gasteiger partial charge in [0, 0.05) is 0 Å². The van der Waals surface area contributed by atoms with Crippen LogP contribution in [0.5, 0.6) is 0 Å². The van der Waals surface area contributed by atoms with Crippen molar-refractivity contribution in [1.82, 2.24) is 0 Å². The van der Waals surface area contributed by atoms with Gasteiger partial charge in [0.05, 0.1) is 0 Å². The van der Waals surface area contributed by atoms with Crippen LogP contribution in [-0.4, -0.2) is 0 Å². The zero-order valence-corrected chi connectivity index (χ0v) is 8.79. The first-order valence-corrected chi connectivity index (χ1v) is 5.63. The summed E-state index contributed by atoms with van der Waals surface area (Å²) in [6, 6.07) is 0. The summed E-state index contributed by atoms with van der Waals surface area (Å²) in [5.74, 6) is 2.61. The molecular formula is C13H20. The molecule has 0 saturated carbocycles. The molecule has 2 atom stereocenters. The van der Waals surface area contributed by atoms with Gasteiger partial charge in [-0.1, -0.05) is 37.6 Å². The third kappa shape index (κ3) is 1.87. The molecule has 0 aromatic carbocycles. The summed E-state index contributed by atoms with van der Waals surface area (Å²) in [7, 11) is 0. The van der Waals surface area contributed by atoms with E-state index < -0.39 is 0 Å². The van der Waals surface area contributed by atoms with E-state index in [2.05, 4.69) is 32.1 Å². The zero-order valence-electron chi connectivity index (χ0n) is 8.79. The van der Waals surface area contributed by atoms with Crippen LogP contribution < -0.4 is 0 Å². The Morgan fingerprint density at radius 3 is 3.00 bits per heavy atom. The fraction of sp³-hybridized carbons (Fsp3) is 0.692. The maximum atomic E-state index is 2.49. The van der Waals surface area contributed by atoms with Crippen molar-refractivity contribution in [3.8, 4) is 0 Å². The molecule has 0 bridgehead atoms. The minimum absolute atomic E-state index is 0.770. The van der Waals surface area contributed by atoms with Crippen molar-refractivity contribution < 1.29 is 0 Å². The molecule has 0 aliphatic heterocycles. The number of hydrogen-bond acceptors (Lipinski definition) is 0.